The SMILES string of the molecule is CC(C)(C)OC(=O)N1CCC(CCCOc2cc(N)c(C(=O)O)c([N+](=O)[O-])c2Cl)CC1. The zero-order valence-corrected chi connectivity index (χ0v) is 18.6. The van der Waals surface area contributed by atoms with Gasteiger partial charge in [0, 0.05) is 19.2 Å². The molecular formula is C20H28ClN3O7. The second kappa shape index (κ2) is 10.0. The highest BCUT2D eigenvalue weighted by Crippen LogP contribution is 2.40. The number of carboxylic acids is 1. The molecule has 0 aliphatic carbocycles. The Kier molecular flexibility index (Phi) is 7.94. The molecule has 1 amide bonds. The van der Waals surface area contributed by atoms with Crippen LogP contribution in [0.5, 0.6) is 5.75 Å². The summed E-state index contributed by atoms with van der Waals surface area (Å²) in [6.07, 6.45) is 2.93. The number of anilines is 1. The molecule has 1 aliphatic heterocycles. The van der Waals surface area contributed by atoms with E-state index in [1.807, 2.05) is 20.8 Å². The molecule has 31 heavy (non-hydrogen) atoms. The molecule has 0 atom stereocenters. The number of aromatic carboxylic acids is 1. The largest absolute Gasteiger partial charge is 0.492 e. The Balaban J connectivity index is 1.86. The van der Waals surface area contributed by atoms with E-state index in [9.17, 15) is 19.7 Å². The Hall–Kier alpha value is -2.75. The summed E-state index contributed by atoms with van der Waals surface area (Å²) in [7, 11) is 0. The maximum absolute atomic E-state index is 12.1. The number of nitrogens with two attached hydrogens (primary N) is 1. The fraction of sp³-hybridized carbons (Fsp3) is 0.600. The molecular weight excluding hydrogens is 430 g/mol. The van der Waals surface area contributed by atoms with Gasteiger partial charge in [0.2, 0.25) is 0 Å². The molecule has 1 heterocycles. The quantitative estimate of drug-likeness (QED) is 0.266. The number of halogens is 1. The smallest absolute Gasteiger partial charge is 0.410 e. The van der Waals surface area contributed by atoms with Crippen LogP contribution in [0.2, 0.25) is 5.02 Å². The molecule has 172 valence electrons. The van der Waals surface area contributed by atoms with Crippen LogP contribution >= 0.6 is 11.6 Å². The number of rotatable bonds is 7. The molecule has 11 heteroatoms. The number of nitro groups is 1. The van der Waals surface area contributed by atoms with Crippen LogP contribution in [-0.4, -0.2) is 52.3 Å². The number of benzene rings is 1. The molecule has 0 saturated carbocycles. The highest BCUT2D eigenvalue weighted by molar-refractivity contribution is 6.35. The van der Waals surface area contributed by atoms with E-state index in [4.69, 9.17) is 31.9 Å². The lowest BCUT2D eigenvalue weighted by molar-refractivity contribution is -0.385. The van der Waals surface area contributed by atoms with Gasteiger partial charge in [-0.05, 0) is 52.4 Å². The number of carbonyl (C=O) groups is 2. The predicted octanol–water partition coefficient (Wildman–Crippen LogP) is 4.33. The van der Waals surface area contributed by atoms with Gasteiger partial charge in [0.05, 0.1) is 17.2 Å². The molecule has 1 aromatic carbocycles. The molecule has 2 rings (SSSR count). The summed E-state index contributed by atoms with van der Waals surface area (Å²) in [6.45, 7) is 7.01. The Bertz CT molecular complexity index is 846. The second-order valence-corrected chi connectivity index (χ2v) is 8.84. The fourth-order valence-corrected chi connectivity index (χ4v) is 3.70. The van der Waals surface area contributed by atoms with Crippen molar-refractivity contribution in [3.63, 3.8) is 0 Å². The van der Waals surface area contributed by atoms with Crippen molar-refractivity contribution in [3.05, 3.63) is 26.8 Å². The molecule has 0 radical (unpaired) electrons. The molecule has 1 aliphatic rings. The topological polar surface area (TPSA) is 145 Å². The van der Waals surface area contributed by atoms with Crippen LogP contribution in [-0.2, 0) is 4.74 Å². The number of likely N-dealkylation sites (tertiary alicyclic amines) is 1. The number of piperidine rings is 1. The highest BCUT2D eigenvalue weighted by Gasteiger charge is 2.30. The molecule has 1 fully saturated rings. The third-order valence-electron chi connectivity index (χ3n) is 4.91. The minimum Gasteiger partial charge on any atom is -0.492 e. The first-order valence-corrected chi connectivity index (χ1v) is 10.4. The van der Waals surface area contributed by atoms with Crippen LogP contribution in [0.3, 0.4) is 0 Å². The van der Waals surface area contributed by atoms with Crippen molar-refractivity contribution >= 4 is 35.0 Å². The van der Waals surface area contributed by atoms with E-state index in [1.54, 1.807) is 4.90 Å². The Labute approximate surface area is 185 Å². The number of ether oxygens (including phenoxy) is 2. The first-order valence-electron chi connectivity index (χ1n) is 10.0. The molecule has 0 aromatic heterocycles. The molecule has 0 spiro atoms. The van der Waals surface area contributed by atoms with Crippen LogP contribution in [0.1, 0.15) is 56.8 Å². The van der Waals surface area contributed by atoms with Crippen molar-refractivity contribution in [2.24, 2.45) is 5.92 Å². The average Bonchev–Trinajstić information content (AvgIpc) is 2.65. The fourth-order valence-electron chi connectivity index (χ4n) is 3.43. The van der Waals surface area contributed by atoms with E-state index in [-0.39, 0.29) is 29.2 Å². The maximum atomic E-state index is 12.1. The van der Waals surface area contributed by atoms with Gasteiger partial charge in [0.1, 0.15) is 11.4 Å². The van der Waals surface area contributed by atoms with Gasteiger partial charge < -0.3 is 25.2 Å². The van der Waals surface area contributed by atoms with Gasteiger partial charge in [0.15, 0.2) is 10.6 Å². The third-order valence-corrected chi connectivity index (χ3v) is 5.28. The van der Waals surface area contributed by atoms with Gasteiger partial charge in [-0.3, -0.25) is 10.1 Å². The molecule has 3 N–H and O–H groups in total. The average molecular weight is 458 g/mol. The Morgan fingerprint density at radius 2 is 1.97 bits per heavy atom. The summed E-state index contributed by atoms with van der Waals surface area (Å²) in [4.78, 5) is 35.5. The predicted molar refractivity (Wildman–Crippen MR) is 115 cm³/mol. The zero-order valence-electron chi connectivity index (χ0n) is 17.9. The van der Waals surface area contributed by atoms with Crippen molar-refractivity contribution in [2.45, 2.75) is 52.1 Å². The maximum Gasteiger partial charge on any atom is 0.410 e. The summed E-state index contributed by atoms with van der Waals surface area (Å²) in [5.74, 6) is -1.13. The van der Waals surface area contributed by atoms with Crippen molar-refractivity contribution in [1.82, 2.24) is 4.90 Å². The molecule has 0 unspecified atom stereocenters. The van der Waals surface area contributed by atoms with Crippen LogP contribution < -0.4 is 10.5 Å². The number of hydrogen-bond acceptors (Lipinski definition) is 7. The van der Waals surface area contributed by atoms with E-state index in [2.05, 4.69) is 0 Å². The number of nitro benzene ring substituents is 1. The van der Waals surface area contributed by atoms with Gasteiger partial charge in [-0.1, -0.05) is 11.6 Å². The van der Waals surface area contributed by atoms with Gasteiger partial charge in [-0.15, -0.1) is 0 Å². The Morgan fingerprint density at radius 3 is 2.48 bits per heavy atom. The number of carboxylic acid groups (broad SMARTS) is 1. The highest BCUT2D eigenvalue weighted by atomic mass is 35.5. The first-order chi connectivity index (χ1) is 14.4. The second-order valence-electron chi connectivity index (χ2n) is 8.47. The zero-order chi connectivity index (χ0) is 23.3. The van der Waals surface area contributed by atoms with Crippen molar-refractivity contribution < 1.29 is 29.1 Å². The van der Waals surface area contributed by atoms with Gasteiger partial charge in [0.25, 0.3) is 0 Å². The third kappa shape index (κ3) is 6.61. The molecule has 1 saturated heterocycles. The van der Waals surface area contributed by atoms with Crippen LogP contribution in [0.4, 0.5) is 16.2 Å². The van der Waals surface area contributed by atoms with E-state index in [1.165, 1.54) is 6.07 Å². The number of carbonyl (C=O) groups excluding carboxylic acids is 1. The van der Waals surface area contributed by atoms with Crippen LogP contribution in [0.25, 0.3) is 0 Å². The summed E-state index contributed by atoms with van der Waals surface area (Å²) < 4.78 is 10.9. The van der Waals surface area contributed by atoms with Crippen LogP contribution in [0, 0.1) is 16.0 Å². The monoisotopic (exact) mass is 457 g/mol. The standard InChI is InChI=1S/C20H28ClN3O7/c1-20(2,3)31-19(27)23-8-6-12(7-9-23)5-4-10-30-14-11-13(22)15(18(25)26)17(16(14)21)24(28)29/h11-12H,4-10,22H2,1-3H3,(H,25,26). The summed E-state index contributed by atoms with van der Waals surface area (Å²) in [5, 5.41) is 20.0. The number of nitrogens with zero attached hydrogens (tertiary/aromatic N) is 2. The molecule has 0 bridgehead atoms. The van der Waals surface area contributed by atoms with E-state index >= 15 is 0 Å². The number of amides is 1. The normalized spacial score (nSPS) is 14.9. The van der Waals surface area contributed by atoms with Crippen molar-refractivity contribution in [1.29, 1.82) is 0 Å². The number of hydrogen-bond donors (Lipinski definition) is 2. The summed E-state index contributed by atoms with van der Waals surface area (Å²) >= 11 is 6.01. The lowest BCUT2D eigenvalue weighted by Crippen LogP contribution is -2.41. The Morgan fingerprint density at radius 1 is 1.35 bits per heavy atom. The van der Waals surface area contributed by atoms with Gasteiger partial charge in [-0.25, -0.2) is 9.59 Å². The first kappa shape index (κ1) is 24.5. The molecule has 10 nitrogen and oxygen atoms in total. The molecule has 1 aromatic rings. The van der Waals surface area contributed by atoms with Gasteiger partial charge in [-0.2, -0.15) is 0 Å². The summed E-state index contributed by atoms with van der Waals surface area (Å²) in [5.41, 5.74) is 3.42. The minimum absolute atomic E-state index is 0.0180. The van der Waals surface area contributed by atoms with E-state index in [0.29, 0.717) is 25.4 Å². The van der Waals surface area contributed by atoms with Crippen molar-refractivity contribution in [3.8, 4) is 5.75 Å². The lowest BCUT2D eigenvalue weighted by atomic mass is 9.92. The summed E-state index contributed by atoms with van der Waals surface area (Å²) in [6, 6.07) is 1.19. The van der Waals surface area contributed by atoms with E-state index < -0.39 is 27.7 Å². The van der Waals surface area contributed by atoms with Crippen LogP contribution in [0.15, 0.2) is 6.07 Å². The van der Waals surface area contributed by atoms with Crippen molar-refractivity contribution in [2.75, 3.05) is 25.4 Å². The minimum atomic E-state index is -1.53. The van der Waals surface area contributed by atoms with E-state index in [0.717, 1.165) is 19.3 Å². The lowest BCUT2D eigenvalue weighted by Gasteiger charge is -2.33. The van der Waals surface area contributed by atoms with Gasteiger partial charge >= 0.3 is 17.7 Å². The number of nitrogen functional groups attached to an aromatic ring is 1.